The van der Waals surface area contributed by atoms with E-state index >= 15 is 0 Å². The highest BCUT2D eigenvalue weighted by Gasteiger charge is 2.69. The number of hydrogen-bond acceptors (Lipinski definition) is 5. The summed E-state index contributed by atoms with van der Waals surface area (Å²) in [6, 6.07) is 6.06. The molecule has 1 aromatic heterocycles. The van der Waals surface area contributed by atoms with Crippen molar-refractivity contribution in [3.63, 3.8) is 0 Å². The van der Waals surface area contributed by atoms with Crippen molar-refractivity contribution in [2.45, 2.75) is 36.8 Å². The van der Waals surface area contributed by atoms with Gasteiger partial charge in [-0.15, -0.1) is 11.3 Å². The Balaban J connectivity index is 1.08. The summed E-state index contributed by atoms with van der Waals surface area (Å²) >= 11 is 7.21. The van der Waals surface area contributed by atoms with Gasteiger partial charge in [-0.1, -0.05) is 11.6 Å². The van der Waals surface area contributed by atoms with Crippen LogP contribution in [0.2, 0.25) is 5.02 Å². The first kappa shape index (κ1) is 19.5. The van der Waals surface area contributed by atoms with Crippen LogP contribution >= 0.6 is 22.9 Å². The molecule has 0 saturated heterocycles. The number of thiophene rings is 1. The van der Waals surface area contributed by atoms with Crippen LogP contribution in [0.1, 0.15) is 24.8 Å². The SMILES string of the molecule is O=C(COc1ccc(Cl)c(F)c1)NC12CC(NC(=O)C3C=Nc4sccc4C3)(C1)C2. The largest absolute Gasteiger partial charge is 0.484 e. The second-order valence-corrected chi connectivity index (χ2v) is 9.63. The van der Waals surface area contributed by atoms with Crippen molar-refractivity contribution < 1.29 is 18.7 Å². The van der Waals surface area contributed by atoms with Gasteiger partial charge in [0.2, 0.25) is 5.91 Å². The lowest BCUT2D eigenvalue weighted by Gasteiger charge is -2.70. The summed E-state index contributed by atoms with van der Waals surface area (Å²) in [6.45, 7) is -0.205. The van der Waals surface area contributed by atoms with Gasteiger partial charge in [0.1, 0.15) is 16.6 Å². The minimum absolute atomic E-state index is 0.00303. The van der Waals surface area contributed by atoms with Crippen LogP contribution in [0.3, 0.4) is 0 Å². The molecule has 2 amide bonds. The van der Waals surface area contributed by atoms with E-state index in [-0.39, 0.29) is 46.2 Å². The third kappa shape index (κ3) is 3.48. The number of carbonyl (C=O) groups is 2. The second-order valence-electron chi connectivity index (χ2n) is 8.33. The number of nitrogens with zero attached hydrogens (tertiary/aromatic N) is 1. The van der Waals surface area contributed by atoms with E-state index < -0.39 is 5.82 Å². The summed E-state index contributed by atoms with van der Waals surface area (Å²) in [5.74, 6) is -0.876. The number of hydrogen-bond donors (Lipinski definition) is 2. The summed E-state index contributed by atoms with van der Waals surface area (Å²) in [6.07, 6.45) is 4.53. The Labute approximate surface area is 181 Å². The van der Waals surface area contributed by atoms with E-state index in [0.717, 1.165) is 16.6 Å². The monoisotopic (exact) mass is 447 g/mol. The van der Waals surface area contributed by atoms with Crippen molar-refractivity contribution in [2.24, 2.45) is 10.9 Å². The Hall–Kier alpha value is -2.45. The van der Waals surface area contributed by atoms with Crippen LogP contribution in [0.15, 0.2) is 34.6 Å². The lowest BCUT2D eigenvalue weighted by Crippen LogP contribution is -2.84. The van der Waals surface area contributed by atoms with Crippen molar-refractivity contribution in [1.82, 2.24) is 10.6 Å². The number of amides is 2. The molecule has 30 heavy (non-hydrogen) atoms. The normalized spacial score (nSPS) is 28.0. The maximum Gasteiger partial charge on any atom is 0.258 e. The summed E-state index contributed by atoms with van der Waals surface area (Å²) in [4.78, 5) is 29.2. The van der Waals surface area contributed by atoms with Crippen LogP contribution in [-0.4, -0.2) is 35.7 Å². The lowest BCUT2D eigenvalue weighted by atomic mass is 9.44. The maximum absolute atomic E-state index is 13.4. The molecule has 4 aliphatic rings. The predicted molar refractivity (Wildman–Crippen MR) is 112 cm³/mol. The van der Waals surface area contributed by atoms with Crippen LogP contribution in [0.25, 0.3) is 0 Å². The van der Waals surface area contributed by atoms with Crippen LogP contribution < -0.4 is 15.4 Å². The van der Waals surface area contributed by atoms with Gasteiger partial charge in [-0.3, -0.25) is 9.59 Å². The molecule has 6 rings (SSSR count). The molecule has 2 heterocycles. The first-order valence-corrected chi connectivity index (χ1v) is 10.9. The summed E-state index contributed by atoms with van der Waals surface area (Å²) in [5, 5.41) is 9.11. The third-order valence-corrected chi connectivity index (χ3v) is 7.13. The van der Waals surface area contributed by atoms with Crippen molar-refractivity contribution >= 4 is 46.0 Å². The number of nitrogens with one attached hydrogen (secondary N) is 2. The van der Waals surface area contributed by atoms with Gasteiger partial charge in [0.25, 0.3) is 5.91 Å². The van der Waals surface area contributed by atoms with E-state index in [1.807, 2.05) is 11.4 Å². The number of halogens is 2. The summed E-state index contributed by atoms with van der Waals surface area (Å²) in [5.41, 5.74) is 0.609. The third-order valence-electron chi connectivity index (χ3n) is 5.96. The maximum atomic E-state index is 13.4. The van der Waals surface area contributed by atoms with E-state index in [1.165, 1.54) is 12.1 Å². The standard InChI is InChI=1S/C21H19ClFN3O3S/c22-15-2-1-14(6-16(15)23)29-8-17(27)25-20-9-21(10-20,11-20)26-18(28)13-5-12-3-4-30-19(12)24-7-13/h1-4,6-7,13H,5,8-11H2,(H,25,27)(H,26,28). The van der Waals surface area contributed by atoms with Crippen molar-refractivity contribution in [3.8, 4) is 5.75 Å². The van der Waals surface area contributed by atoms with Gasteiger partial charge in [-0.25, -0.2) is 9.38 Å². The van der Waals surface area contributed by atoms with E-state index in [9.17, 15) is 14.0 Å². The number of aliphatic imine (C=N–C) groups is 1. The molecule has 6 nitrogen and oxygen atoms in total. The van der Waals surface area contributed by atoms with Crippen molar-refractivity contribution in [3.05, 3.63) is 46.0 Å². The zero-order chi connectivity index (χ0) is 20.9. The zero-order valence-corrected chi connectivity index (χ0v) is 17.5. The molecule has 1 atom stereocenters. The van der Waals surface area contributed by atoms with Crippen LogP contribution in [-0.2, 0) is 16.0 Å². The molecule has 3 aliphatic carbocycles. The molecular weight excluding hydrogens is 429 g/mol. The van der Waals surface area contributed by atoms with Crippen molar-refractivity contribution in [2.75, 3.05) is 6.61 Å². The average molecular weight is 448 g/mol. The fourth-order valence-corrected chi connectivity index (χ4v) is 5.56. The molecule has 2 aromatic rings. The van der Waals surface area contributed by atoms with E-state index in [0.29, 0.717) is 25.7 Å². The minimum atomic E-state index is -0.593. The Morgan fingerprint density at radius 3 is 2.77 bits per heavy atom. The number of rotatable bonds is 6. The number of benzene rings is 1. The first-order chi connectivity index (χ1) is 14.4. The molecule has 1 aliphatic heterocycles. The van der Waals surface area contributed by atoms with Gasteiger partial charge < -0.3 is 15.4 Å². The molecule has 2 bridgehead atoms. The molecule has 0 spiro atoms. The van der Waals surface area contributed by atoms with Crippen LogP contribution in [0.5, 0.6) is 5.75 Å². The average Bonchev–Trinajstić information content (AvgIpc) is 3.14. The van der Waals surface area contributed by atoms with Gasteiger partial charge in [0.05, 0.1) is 10.9 Å². The van der Waals surface area contributed by atoms with Gasteiger partial charge >= 0.3 is 0 Å². The van der Waals surface area contributed by atoms with Gasteiger partial charge in [0.15, 0.2) is 6.61 Å². The molecular formula is C21H19ClFN3O3S. The van der Waals surface area contributed by atoms with Gasteiger partial charge in [-0.2, -0.15) is 0 Å². The Kier molecular flexibility index (Phi) is 4.59. The molecule has 0 radical (unpaired) electrons. The van der Waals surface area contributed by atoms with E-state index in [4.69, 9.17) is 16.3 Å². The molecule has 1 aromatic carbocycles. The molecule has 1 unspecified atom stereocenters. The number of fused-ring (bicyclic) bond motifs is 1. The fraction of sp³-hybridized carbons (Fsp3) is 0.381. The molecule has 2 N–H and O–H groups in total. The molecule has 3 fully saturated rings. The lowest BCUT2D eigenvalue weighted by molar-refractivity contribution is -0.151. The zero-order valence-electron chi connectivity index (χ0n) is 15.9. The Morgan fingerprint density at radius 1 is 1.23 bits per heavy atom. The predicted octanol–water partition coefficient (Wildman–Crippen LogP) is 3.40. The van der Waals surface area contributed by atoms with Gasteiger partial charge in [0, 0.05) is 23.4 Å². The molecule has 156 valence electrons. The second kappa shape index (κ2) is 7.06. The highest BCUT2D eigenvalue weighted by Crippen LogP contribution is 2.60. The van der Waals surface area contributed by atoms with Gasteiger partial charge in [-0.05, 0) is 54.8 Å². The molecule has 3 saturated carbocycles. The van der Waals surface area contributed by atoms with Crippen LogP contribution in [0.4, 0.5) is 9.39 Å². The van der Waals surface area contributed by atoms with Crippen molar-refractivity contribution in [1.29, 1.82) is 0 Å². The smallest absolute Gasteiger partial charge is 0.258 e. The number of carbonyl (C=O) groups excluding carboxylic acids is 2. The van der Waals surface area contributed by atoms with Crippen LogP contribution in [0, 0.1) is 11.7 Å². The minimum Gasteiger partial charge on any atom is -0.484 e. The first-order valence-electron chi connectivity index (χ1n) is 9.67. The Morgan fingerprint density at radius 2 is 2.00 bits per heavy atom. The number of ether oxygens (including phenoxy) is 1. The highest BCUT2D eigenvalue weighted by atomic mass is 35.5. The summed E-state index contributed by atoms with van der Waals surface area (Å²) in [7, 11) is 0. The fourth-order valence-electron chi connectivity index (χ4n) is 4.66. The summed E-state index contributed by atoms with van der Waals surface area (Å²) < 4.78 is 18.8. The van der Waals surface area contributed by atoms with E-state index in [2.05, 4.69) is 15.6 Å². The highest BCUT2D eigenvalue weighted by molar-refractivity contribution is 7.14. The Bertz CT molecular complexity index is 1050. The molecule has 9 heteroatoms. The quantitative estimate of drug-likeness (QED) is 0.712. The topological polar surface area (TPSA) is 79.8 Å². The van der Waals surface area contributed by atoms with E-state index in [1.54, 1.807) is 17.6 Å².